The third-order valence-corrected chi connectivity index (χ3v) is 4.95. The number of esters is 1. The summed E-state index contributed by atoms with van der Waals surface area (Å²) < 4.78 is 10.4. The first-order valence-electron chi connectivity index (χ1n) is 12.0. The molecule has 0 fully saturated rings. The van der Waals surface area contributed by atoms with Gasteiger partial charge in [0, 0.05) is 19.9 Å². The van der Waals surface area contributed by atoms with E-state index in [0.29, 0.717) is 25.6 Å². The van der Waals surface area contributed by atoms with Crippen LogP contribution in [0.25, 0.3) is 5.53 Å². The van der Waals surface area contributed by atoms with Gasteiger partial charge in [0.2, 0.25) is 17.6 Å². The van der Waals surface area contributed by atoms with Crippen LogP contribution in [0.1, 0.15) is 58.4 Å². The summed E-state index contributed by atoms with van der Waals surface area (Å²) in [6.07, 6.45) is 0.370. The number of ketones is 1. The fourth-order valence-electron chi connectivity index (χ4n) is 3.16. The molecule has 202 valence electrons. The van der Waals surface area contributed by atoms with Crippen molar-refractivity contribution in [2.75, 3.05) is 6.54 Å². The molecule has 0 aliphatic heterocycles. The SMILES string of the molecule is CC(=O)NCCCC[C@H](NC(=O)OCc1ccccc1)C(=O)N[C@@H](CCC(=O)C=[N+]=[N-])C(=O)OC(C)C. The van der Waals surface area contributed by atoms with E-state index in [0.717, 1.165) is 5.56 Å². The van der Waals surface area contributed by atoms with Crippen molar-refractivity contribution in [1.82, 2.24) is 16.0 Å². The predicted octanol–water partition coefficient (Wildman–Crippen LogP) is 1.67. The molecule has 1 aromatic carbocycles. The molecule has 0 heterocycles. The van der Waals surface area contributed by atoms with Crippen LogP contribution in [0.3, 0.4) is 0 Å². The minimum Gasteiger partial charge on any atom is -0.461 e. The molecule has 0 aliphatic carbocycles. The Morgan fingerprint density at radius 3 is 2.32 bits per heavy atom. The van der Waals surface area contributed by atoms with Crippen LogP contribution in [-0.2, 0) is 35.3 Å². The Hall–Kier alpha value is -4.05. The zero-order valence-corrected chi connectivity index (χ0v) is 21.4. The van der Waals surface area contributed by atoms with E-state index in [2.05, 4.69) is 20.7 Å². The maximum absolute atomic E-state index is 13.1. The van der Waals surface area contributed by atoms with Gasteiger partial charge in [0.15, 0.2) is 0 Å². The molecule has 37 heavy (non-hydrogen) atoms. The number of Topliss-reactive ketones (excluding diaryl/α,β-unsaturated/α-hetero) is 1. The van der Waals surface area contributed by atoms with Crippen molar-refractivity contribution in [1.29, 1.82) is 0 Å². The molecule has 12 heteroatoms. The van der Waals surface area contributed by atoms with Crippen LogP contribution in [-0.4, -0.2) is 65.4 Å². The molecule has 0 spiro atoms. The third kappa shape index (κ3) is 14.2. The molecule has 0 saturated carbocycles. The molecular weight excluding hydrogens is 482 g/mol. The molecule has 0 aromatic heterocycles. The summed E-state index contributed by atoms with van der Waals surface area (Å²) in [6, 6.07) is 6.78. The van der Waals surface area contributed by atoms with Gasteiger partial charge in [-0.1, -0.05) is 30.3 Å². The van der Waals surface area contributed by atoms with E-state index < -0.39 is 41.9 Å². The lowest BCUT2D eigenvalue weighted by Gasteiger charge is -2.23. The van der Waals surface area contributed by atoms with Crippen LogP contribution in [0.4, 0.5) is 4.79 Å². The molecule has 3 amide bonds. The van der Waals surface area contributed by atoms with Crippen molar-refractivity contribution in [3.05, 3.63) is 41.4 Å². The van der Waals surface area contributed by atoms with Crippen molar-refractivity contribution in [2.45, 2.75) is 77.7 Å². The second kappa shape index (κ2) is 17.4. The number of ether oxygens (including phenoxy) is 2. The van der Waals surface area contributed by atoms with Crippen molar-refractivity contribution < 1.29 is 38.2 Å². The Kier molecular flexibility index (Phi) is 14.6. The average Bonchev–Trinajstić information content (AvgIpc) is 2.84. The second-order valence-corrected chi connectivity index (χ2v) is 8.53. The van der Waals surface area contributed by atoms with Gasteiger partial charge in [0.1, 0.15) is 18.7 Å². The highest BCUT2D eigenvalue weighted by atomic mass is 16.6. The Bertz CT molecular complexity index is 961. The molecule has 0 saturated heterocycles. The quantitative estimate of drug-likeness (QED) is 0.0982. The number of alkyl carbamates (subject to hydrolysis) is 1. The van der Waals surface area contributed by atoms with E-state index in [-0.39, 0.29) is 31.8 Å². The van der Waals surface area contributed by atoms with Gasteiger partial charge in [0.05, 0.1) is 6.10 Å². The first-order chi connectivity index (χ1) is 17.6. The highest BCUT2D eigenvalue weighted by molar-refractivity contribution is 6.25. The first-order valence-corrected chi connectivity index (χ1v) is 12.0. The van der Waals surface area contributed by atoms with E-state index in [1.165, 1.54) is 6.92 Å². The zero-order valence-electron chi connectivity index (χ0n) is 21.4. The molecule has 12 nitrogen and oxygen atoms in total. The number of unbranched alkanes of at least 4 members (excludes halogenated alkanes) is 1. The van der Waals surface area contributed by atoms with E-state index >= 15 is 0 Å². The number of hydrogen-bond acceptors (Lipinski definition) is 7. The minimum absolute atomic E-state index is 0.00139. The van der Waals surface area contributed by atoms with Gasteiger partial charge >= 0.3 is 18.3 Å². The molecule has 0 bridgehead atoms. The summed E-state index contributed by atoms with van der Waals surface area (Å²) >= 11 is 0. The highest BCUT2D eigenvalue weighted by Crippen LogP contribution is 2.08. The topological polar surface area (TPSA) is 176 Å². The van der Waals surface area contributed by atoms with Gasteiger partial charge in [-0.3, -0.25) is 14.4 Å². The predicted molar refractivity (Wildman–Crippen MR) is 133 cm³/mol. The molecule has 2 atom stereocenters. The van der Waals surface area contributed by atoms with Crippen LogP contribution in [0.2, 0.25) is 0 Å². The van der Waals surface area contributed by atoms with Crippen LogP contribution >= 0.6 is 0 Å². The van der Waals surface area contributed by atoms with E-state index in [1.807, 2.05) is 6.07 Å². The highest BCUT2D eigenvalue weighted by Gasteiger charge is 2.29. The van der Waals surface area contributed by atoms with E-state index in [9.17, 15) is 24.0 Å². The fraction of sp³-hybridized carbons (Fsp3) is 0.520. The molecular formula is C25H35N5O7. The number of hydrogen-bond donors (Lipinski definition) is 3. The van der Waals surface area contributed by atoms with Gasteiger partial charge in [-0.05, 0) is 45.1 Å². The number of amides is 3. The zero-order chi connectivity index (χ0) is 27.6. The van der Waals surface area contributed by atoms with Gasteiger partial charge < -0.3 is 31.0 Å². The number of nitrogens with zero attached hydrogens (tertiary/aromatic N) is 2. The molecule has 3 N–H and O–H groups in total. The maximum Gasteiger partial charge on any atom is 0.408 e. The van der Waals surface area contributed by atoms with E-state index in [4.69, 9.17) is 15.0 Å². The lowest BCUT2D eigenvalue weighted by molar-refractivity contribution is -0.152. The first kappa shape index (κ1) is 31.0. The number of nitrogens with one attached hydrogen (secondary N) is 3. The van der Waals surface area contributed by atoms with E-state index in [1.54, 1.807) is 38.1 Å². The summed E-state index contributed by atoms with van der Waals surface area (Å²) in [5, 5.41) is 7.73. The number of rotatable bonds is 16. The summed E-state index contributed by atoms with van der Waals surface area (Å²) in [4.78, 5) is 63.5. The average molecular weight is 518 g/mol. The Morgan fingerprint density at radius 1 is 1.00 bits per heavy atom. The monoisotopic (exact) mass is 517 g/mol. The van der Waals surface area contributed by atoms with Crippen molar-refractivity contribution >= 4 is 35.9 Å². The Balaban J connectivity index is 2.88. The van der Waals surface area contributed by atoms with Crippen LogP contribution in [0, 0.1) is 0 Å². The van der Waals surface area contributed by atoms with Gasteiger partial charge in [0.25, 0.3) is 0 Å². The molecule has 0 unspecified atom stereocenters. The summed E-state index contributed by atoms with van der Waals surface area (Å²) in [6.45, 7) is 5.08. The molecule has 0 radical (unpaired) electrons. The lowest BCUT2D eigenvalue weighted by Crippen LogP contribution is -2.52. The normalized spacial score (nSPS) is 11.9. The summed E-state index contributed by atoms with van der Waals surface area (Å²) in [5.41, 5.74) is 9.28. The fourth-order valence-corrected chi connectivity index (χ4v) is 3.16. The third-order valence-electron chi connectivity index (χ3n) is 4.95. The van der Waals surface area contributed by atoms with Gasteiger partial charge in [-0.25, -0.2) is 9.59 Å². The molecule has 0 aliphatic rings. The smallest absolute Gasteiger partial charge is 0.408 e. The lowest BCUT2D eigenvalue weighted by atomic mass is 10.1. The van der Waals surface area contributed by atoms with Crippen molar-refractivity contribution in [2.24, 2.45) is 0 Å². The number of carbonyl (C=O) groups excluding carboxylic acids is 5. The number of carbonyl (C=O) groups is 5. The summed E-state index contributed by atoms with van der Waals surface area (Å²) in [5.74, 6) is -2.13. The van der Waals surface area contributed by atoms with Gasteiger partial charge in [-0.15, -0.1) is 0 Å². The van der Waals surface area contributed by atoms with Crippen LogP contribution in [0.5, 0.6) is 0 Å². The molecule has 1 aromatic rings. The largest absolute Gasteiger partial charge is 0.461 e. The summed E-state index contributed by atoms with van der Waals surface area (Å²) in [7, 11) is 0. The maximum atomic E-state index is 13.1. The minimum atomic E-state index is -1.17. The van der Waals surface area contributed by atoms with Crippen molar-refractivity contribution in [3.8, 4) is 0 Å². The van der Waals surface area contributed by atoms with Gasteiger partial charge in [-0.2, -0.15) is 4.79 Å². The standard InChI is InChI=1S/C25H35N5O7/c1-17(2)37-24(34)22(13-12-20(32)15-28-26)29-23(33)21(11-7-8-14-27-18(3)31)30-25(35)36-16-19-9-5-4-6-10-19/h4-6,9-10,15,17,21-22H,7-8,11-14,16H2,1-3H3,(H,27,31)(H,29,33)(H,30,35)/t21-,22-/m0/s1. The molecule has 1 rings (SSSR count). The Labute approximate surface area is 216 Å². The van der Waals surface area contributed by atoms with Crippen molar-refractivity contribution in [3.63, 3.8) is 0 Å². The van der Waals surface area contributed by atoms with Crippen LogP contribution < -0.4 is 16.0 Å². The van der Waals surface area contributed by atoms with Crippen LogP contribution in [0.15, 0.2) is 30.3 Å². The number of benzene rings is 1. The second-order valence-electron chi connectivity index (χ2n) is 8.53. The Morgan fingerprint density at radius 2 is 1.70 bits per heavy atom.